The molecule has 0 radical (unpaired) electrons. The quantitative estimate of drug-likeness (QED) is 0.902. The topological polar surface area (TPSA) is 60.0 Å². The maximum absolute atomic E-state index is 12.8. The van der Waals surface area contributed by atoms with Crippen molar-refractivity contribution in [2.24, 2.45) is 0 Å². The van der Waals surface area contributed by atoms with Crippen molar-refractivity contribution in [3.63, 3.8) is 0 Å². The molecule has 1 amide bonds. The standard InChI is InChI=1S/C15H22N2O4/c1-10-9-16-5-6-17(10)15(18)11-7-13(20-3)14(21-4)8-12(11)19-2/h7-8,10,16H,5-6,9H2,1-4H3/t10-/m0/s1. The SMILES string of the molecule is COc1cc(OC)c(C(=O)N2CCNC[C@@H]2C)cc1OC. The van der Waals surface area contributed by atoms with Crippen LogP contribution in [-0.4, -0.2) is 57.8 Å². The van der Waals surface area contributed by atoms with Gasteiger partial charge in [0.05, 0.1) is 26.9 Å². The number of carbonyl (C=O) groups is 1. The predicted octanol–water partition coefficient (Wildman–Crippen LogP) is 1.15. The Morgan fingerprint density at radius 2 is 1.76 bits per heavy atom. The molecule has 0 spiro atoms. The van der Waals surface area contributed by atoms with Gasteiger partial charge in [0.25, 0.3) is 5.91 Å². The molecule has 0 unspecified atom stereocenters. The van der Waals surface area contributed by atoms with E-state index in [1.807, 2.05) is 11.8 Å². The molecule has 1 aliphatic rings. The molecule has 1 heterocycles. The van der Waals surface area contributed by atoms with Crippen molar-refractivity contribution in [2.75, 3.05) is 41.0 Å². The largest absolute Gasteiger partial charge is 0.496 e. The van der Waals surface area contributed by atoms with Crippen LogP contribution in [0.1, 0.15) is 17.3 Å². The average Bonchev–Trinajstić information content (AvgIpc) is 2.53. The van der Waals surface area contributed by atoms with E-state index in [9.17, 15) is 4.79 Å². The van der Waals surface area contributed by atoms with E-state index in [4.69, 9.17) is 14.2 Å². The van der Waals surface area contributed by atoms with Crippen molar-refractivity contribution in [2.45, 2.75) is 13.0 Å². The maximum atomic E-state index is 12.8. The fourth-order valence-corrected chi connectivity index (χ4v) is 2.49. The van der Waals surface area contributed by atoms with Gasteiger partial charge in [-0.1, -0.05) is 0 Å². The van der Waals surface area contributed by atoms with Crippen LogP contribution >= 0.6 is 0 Å². The minimum atomic E-state index is -0.0539. The molecule has 2 rings (SSSR count). The van der Waals surface area contributed by atoms with Gasteiger partial charge in [0.15, 0.2) is 11.5 Å². The lowest BCUT2D eigenvalue weighted by molar-refractivity contribution is 0.0652. The number of nitrogens with one attached hydrogen (secondary N) is 1. The molecule has 21 heavy (non-hydrogen) atoms. The highest BCUT2D eigenvalue weighted by Gasteiger charge is 2.27. The number of carbonyl (C=O) groups excluding carboxylic acids is 1. The lowest BCUT2D eigenvalue weighted by Gasteiger charge is -2.34. The summed E-state index contributed by atoms with van der Waals surface area (Å²) in [6.07, 6.45) is 0. The first-order valence-corrected chi connectivity index (χ1v) is 6.94. The fourth-order valence-electron chi connectivity index (χ4n) is 2.49. The molecule has 0 aliphatic carbocycles. The second-order valence-electron chi connectivity index (χ2n) is 4.96. The van der Waals surface area contributed by atoms with Crippen molar-refractivity contribution in [3.05, 3.63) is 17.7 Å². The van der Waals surface area contributed by atoms with E-state index in [2.05, 4.69) is 5.32 Å². The molecule has 1 N–H and O–H groups in total. The summed E-state index contributed by atoms with van der Waals surface area (Å²) in [6.45, 7) is 4.29. The molecule has 1 fully saturated rings. The zero-order valence-corrected chi connectivity index (χ0v) is 12.9. The molecular weight excluding hydrogens is 272 g/mol. The first kappa shape index (κ1) is 15.4. The van der Waals surface area contributed by atoms with Crippen LogP contribution in [0.3, 0.4) is 0 Å². The molecule has 0 saturated carbocycles. The Hall–Kier alpha value is -1.95. The van der Waals surface area contributed by atoms with Gasteiger partial charge < -0.3 is 24.4 Å². The van der Waals surface area contributed by atoms with E-state index >= 15 is 0 Å². The Morgan fingerprint density at radius 3 is 2.33 bits per heavy atom. The van der Waals surface area contributed by atoms with Gasteiger partial charge in [-0.2, -0.15) is 0 Å². The average molecular weight is 294 g/mol. The Bertz CT molecular complexity index is 519. The molecule has 6 nitrogen and oxygen atoms in total. The van der Waals surface area contributed by atoms with Crippen LogP contribution < -0.4 is 19.5 Å². The van der Waals surface area contributed by atoms with Crippen LogP contribution in [0.2, 0.25) is 0 Å². The van der Waals surface area contributed by atoms with Crippen molar-refractivity contribution in [1.82, 2.24) is 10.2 Å². The van der Waals surface area contributed by atoms with Crippen LogP contribution in [0.5, 0.6) is 17.2 Å². The summed E-state index contributed by atoms with van der Waals surface area (Å²) in [4.78, 5) is 14.6. The van der Waals surface area contributed by atoms with E-state index in [0.29, 0.717) is 29.4 Å². The second kappa shape index (κ2) is 6.67. The summed E-state index contributed by atoms with van der Waals surface area (Å²) >= 11 is 0. The maximum Gasteiger partial charge on any atom is 0.258 e. The molecular formula is C15H22N2O4. The predicted molar refractivity (Wildman–Crippen MR) is 79.5 cm³/mol. The number of rotatable bonds is 4. The fraction of sp³-hybridized carbons (Fsp3) is 0.533. The highest BCUT2D eigenvalue weighted by atomic mass is 16.5. The molecule has 0 aromatic heterocycles. The molecule has 1 aromatic carbocycles. The number of amides is 1. The number of piperazine rings is 1. The van der Waals surface area contributed by atoms with Gasteiger partial charge in [-0.25, -0.2) is 0 Å². The van der Waals surface area contributed by atoms with E-state index in [1.165, 1.54) is 0 Å². The van der Waals surface area contributed by atoms with Crippen molar-refractivity contribution < 1.29 is 19.0 Å². The smallest absolute Gasteiger partial charge is 0.258 e. The van der Waals surface area contributed by atoms with E-state index < -0.39 is 0 Å². The Morgan fingerprint density at radius 1 is 1.14 bits per heavy atom. The molecule has 1 atom stereocenters. The summed E-state index contributed by atoms with van der Waals surface area (Å²) < 4.78 is 15.9. The first-order chi connectivity index (χ1) is 10.1. The Kier molecular flexibility index (Phi) is 4.90. The lowest BCUT2D eigenvalue weighted by Crippen LogP contribution is -2.52. The normalized spacial score (nSPS) is 18.3. The molecule has 6 heteroatoms. The van der Waals surface area contributed by atoms with Gasteiger partial charge in [-0.05, 0) is 6.92 Å². The van der Waals surface area contributed by atoms with Crippen LogP contribution in [0.25, 0.3) is 0 Å². The highest BCUT2D eigenvalue weighted by molar-refractivity contribution is 5.98. The number of methoxy groups -OCH3 is 3. The number of hydrogen-bond acceptors (Lipinski definition) is 5. The number of hydrogen-bond donors (Lipinski definition) is 1. The minimum Gasteiger partial charge on any atom is -0.496 e. The second-order valence-corrected chi connectivity index (χ2v) is 4.96. The van der Waals surface area contributed by atoms with E-state index in [1.54, 1.807) is 33.5 Å². The van der Waals surface area contributed by atoms with Crippen LogP contribution in [0.4, 0.5) is 0 Å². The number of nitrogens with zero attached hydrogens (tertiary/aromatic N) is 1. The molecule has 0 bridgehead atoms. The Labute approximate surface area is 125 Å². The third-order valence-electron chi connectivity index (χ3n) is 3.70. The van der Waals surface area contributed by atoms with Gasteiger partial charge in [0.1, 0.15) is 5.75 Å². The Balaban J connectivity index is 2.39. The van der Waals surface area contributed by atoms with Gasteiger partial charge in [-0.15, -0.1) is 0 Å². The number of ether oxygens (including phenoxy) is 3. The lowest BCUT2D eigenvalue weighted by atomic mass is 10.1. The first-order valence-electron chi connectivity index (χ1n) is 6.94. The van der Waals surface area contributed by atoms with Gasteiger partial charge >= 0.3 is 0 Å². The minimum absolute atomic E-state index is 0.0539. The monoisotopic (exact) mass is 294 g/mol. The molecule has 1 aromatic rings. The molecule has 116 valence electrons. The van der Waals surface area contributed by atoms with Crippen molar-refractivity contribution >= 4 is 5.91 Å². The van der Waals surface area contributed by atoms with Gasteiger partial charge in [0.2, 0.25) is 0 Å². The zero-order chi connectivity index (χ0) is 15.4. The molecule has 1 saturated heterocycles. The van der Waals surface area contributed by atoms with Crippen molar-refractivity contribution in [3.8, 4) is 17.2 Å². The third-order valence-corrected chi connectivity index (χ3v) is 3.70. The van der Waals surface area contributed by atoms with E-state index in [-0.39, 0.29) is 11.9 Å². The zero-order valence-electron chi connectivity index (χ0n) is 12.9. The van der Waals surface area contributed by atoms with Crippen LogP contribution in [-0.2, 0) is 0 Å². The summed E-state index contributed by atoms with van der Waals surface area (Å²) in [6, 6.07) is 3.50. The summed E-state index contributed by atoms with van der Waals surface area (Å²) in [5.74, 6) is 1.49. The summed E-state index contributed by atoms with van der Waals surface area (Å²) in [5.41, 5.74) is 0.490. The summed E-state index contributed by atoms with van der Waals surface area (Å²) in [5, 5.41) is 3.27. The summed E-state index contributed by atoms with van der Waals surface area (Å²) in [7, 11) is 4.64. The van der Waals surface area contributed by atoms with Gasteiger partial charge in [-0.3, -0.25) is 4.79 Å². The van der Waals surface area contributed by atoms with Crippen molar-refractivity contribution in [1.29, 1.82) is 0 Å². The van der Waals surface area contributed by atoms with Gasteiger partial charge in [0, 0.05) is 37.8 Å². The highest BCUT2D eigenvalue weighted by Crippen LogP contribution is 2.35. The van der Waals surface area contributed by atoms with Crippen LogP contribution in [0, 0.1) is 0 Å². The number of benzene rings is 1. The van der Waals surface area contributed by atoms with E-state index in [0.717, 1.165) is 13.1 Å². The molecule has 1 aliphatic heterocycles. The van der Waals surface area contributed by atoms with Crippen LogP contribution in [0.15, 0.2) is 12.1 Å². The third kappa shape index (κ3) is 3.05.